The molecule has 0 spiro atoms. The van der Waals surface area contributed by atoms with Crippen molar-refractivity contribution in [2.45, 2.75) is 174 Å². The highest BCUT2D eigenvalue weighted by atomic mass is 16.5. The first-order valence-corrected chi connectivity index (χ1v) is 21.7. The van der Waals surface area contributed by atoms with Crippen molar-refractivity contribution >= 4 is 17.8 Å². The quantitative estimate of drug-likeness (QED) is 0.0328. The molecule has 7 heteroatoms. The lowest BCUT2D eigenvalue weighted by atomic mass is 10.1. The van der Waals surface area contributed by atoms with Gasteiger partial charge in [-0.05, 0) is 122 Å². The molecule has 0 aromatic carbocycles. The Morgan fingerprint density at radius 3 is 1.50 bits per heavy atom. The molecule has 0 bridgehead atoms. The molecule has 4 N–H and O–H groups in total. The third-order valence-electron chi connectivity index (χ3n) is 8.82. The zero-order valence-electron chi connectivity index (χ0n) is 35.2. The Balaban J connectivity index is 4.45. The summed E-state index contributed by atoms with van der Waals surface area (Å²) in [5.41, 5.74) is 5.49. The Bertz CT molecular complexity index is 1240. The number of carbonyl (C=O) groups is 3. The summed E-state index contributed by atoms with van der Waals surface area (Å²) < 4.78 is 5.89. The monoisotopic (exact) mass is 775 g/mol. The highest BCUT2D eigenvalue weighted by Crippen LogP contribution is 2.14. The lowest BCUT2D eigenvalue weighted by molar-refractivity contribution is -0.147. The second-order valence-corrected chi connectivity index (χ2v) is 14.0. The van der Waals surface area contributed by atoms with E-state index in [0.29, 0.717) is 38.6 Å². The Morgan fingerprint density at radius 1 is 0.536 bits per heavy atom. The van der Waals surface area contributed by atoms with Gasteiger partial charge in [-0.15, -0.1) is 0 Å². The topological polar surface area (TPSA) is 119 Å². The van der Waals surface area contributed by atoms with E-state index in [1.54, 1.807) is 0 Å². The second kappa shape index (κ2) is 42.2. The average molecular weight is 775 g/mol. The van der Waals surface area contributed by atoms with Gasteiger partial charge in [-0.3, -0.25) is 9.59 Å². The summed E-state index contributed by atoms with van der Waals surface area (Å²) in [5.74, 6) is -1.45. The van der Waals surface area contributed by atoms with Gasteiger partial charge in [-0.2, -0.15) is 0 Å². The van der Waals surface area contributed by atoms with Gasteiger partial charge < -0.3 is 20.9 Å². The standard InChI is InChI=1S/C49H78N2O5/c1-3-5-7-9-11-13-15-16-17-18-19-20-21-22-23-24-26-28-30-32-37-43-48(53)56-45(39-34-31-29-27-25-14-12-10-8-6-4-2)40-35-33-36-42-47(52)51-46(49(54)55)41-38-44-50/h5-8,11-14,16-17,19-20,22-23,27,29,34,39,45-46H,3-4,9-10,15,18,21,24-26,28,30-33,35-38,40-44,50H2,1-2H3,(H,51,52)(H,54,55)/b7-5-,8-6-,13-11-,14-12-,17-16-,20-19-,23-22-,29-27-,39-34-. The van der Waals surface area contributed by atoms with Crippen LogP contribution in [0.3, 0.4) is 0 Å². The van der Waals surface area contributed by atoms with Gasteiger partial charge in [0.2, 0.25) is 5.91 Å². The first kappa shape index (κ1) is 52.0. The number of aliphatic carboxylic acids is 1. The van der Waals surface area contributed by atoms with E-state index in [1.807, 2.05) is 6.08 Å². The van der Waals surface area contributed by atoms with Gasteiger partial charge in [0.25, 0.3) is 0 Å². The molecule has 0 aromatic heterocycles. The molecule has 2 unspecified atom stereocenters. The molecule has 0 aliphatic carbocycles. The summed E-state index contributed by atoms with van der Waals surface area (Å²) in [4.78, 5) is 36.5. The molecular formula is C49H78N2O5. The molecule has 0 heterocycles. The van der Waals surface area contributed by atoms with Crippen LogP contribution in [0, 0.1) is 0 Å². The van der Waals surface area contributed by atoms with Crippen LogP contribution in [-0.4, -0.2) is 41.6 Å². The van der Waals surface area contributed by atoms with Crippen LogP contribution >= 0.6 is 0 Å². The predicted octanol–water partition coefficient (Wildman–Crippen LogP) is 12.4. The number of unbranched alkanes of at least 4 members (excludes halogenated alkanes) is 7. The lowest BCUT2D eigenvalue weighted by Crippen LogP contribution is -2.40. The van der Waals surface area contributed by atoms with Crippen molar-refractivity contribution in [3.63, 3.8) is 0 Å². The molecule has 0 aliphatic rings. The first-order chi connectivity index (χ1) is 27.4. The van der Waals surface area contributed by atoms with Crippen LogP contribution in [0.15, 0.2) is 109 Å². The lowest BCUT2D eigenvalue weighted by Gasteiger charge is -2.15. The van der Waals surface area contributed by atoms with Crippen LogP contribution in [0.5, 0.6) is 0 Å². The van der Waals surface area contributed by atoms with Crippen LogP contribution in [0.25, 0.3) is 0 Å². The van der Waals surface area contributed by atoms with E-state index in [2.05, 4.69) is 122 Å². The van der Waals surface area contributed by atoms with Crippen molar-refractivity contribution in [3.8, 4) is 0 Å². The van der Waals surface area contributed by atoms with Crippen LogP contribution < -0.4 is 11.1 Å². The molecular weight excluding hydrogens is 697 g/mol. The number of carboxylic acid groups (broad SMARTS) is 1. The number of rotatable bonds is 37. The van der Waals surface area contributed by atoms with Crippen molar-refractivity contribution in [2.24, 2.45) is 5.73 Å². The third-order valence-corrected chi connectivity index (χ3v) is 8.82. The van der Waals surface area contributed by atoms with Crippen molar-refractivity contribution in [2.75, 3.05) is 6.54 Å². The molecule has 0 aromatic rings. The van der Waals surface area contributed by atoms with Crippen molar-refractivity contribution in [1.82, 2.24) is 5.32 Å². The molecule has 0 rings (SSSR count). The molecule has 0 fully saturated rings. The highest BCUT2D eigenvalue weighted by Gasteiger charge is 2.19. The van der Waals surface area contributed by atoms with E-state index < -0.39 is 12.0 Å². The largest absolute Gasteiger partial charge is 0.480 e. The minimum atomic E-state index is -1.04. The van der Waals surface area contributed by atoms with Gasteiger partial charge in [-0.25, -0.2) is 4.79 Å². The summed E-state index contributed by atoms with van der Waals surface area (Å²) in [6.45, 7) is 4.67. The summed E-state index contributed by atoms with van der Waals surface area (Å²) in [5, 5.41) is 11.9. The van der Waals surface area contributed by atoms with Crippen molar-refractivity contribution in [1.29, 1.82) is 0 Å². The number of nitrogens with one attached hydrogen (secondary N) is 1. The van der Waals surface area contributed by atoms with E-state index in [1.165, 1.54) is 6.42 Å². The number of hydrogen-bond acceptors (Lipinski definition) is 5. The molecule has 0 aliphatic heterocycles. The number of nitrogens with two attached hydrogens (primary N) is 1. The fourth-order valence-electron chi connectivity index (χ4n) is 5.62. The van der Waals surface area contributed by atoms with Gasteiger partial charge in [0, 0.05) is 12.8 Å². The first-order valence-electron chi connectivity index (χ1n) is 21.7. The molecule has 7 nitrogen and oxygen atoms in total. The Morgan fingerprint density at radius 2 is 0.982 bits per heavy atom. The van der Waals surface area contributed by atoms with Crippen molar-refractivity contribution in [3.05, 3.63) is 109 Å². The van der Waals surface area contributed by atoms with Crippen LogP contribution in [-0.2, 0) is 19.1 Å². The molecule has 314 valence electrons. The number of ether oxygens (including phenoxy) is 1. The SMILES string of the molecule is CC/C=C\C/C=C\C/C=C\C/C=C\C/C=C\CCCCCCCC(=O)OC(/C=C\C/C=C\C/C=C\C/C=C\CC)CCCCCC(=O)NC(CCCN)C(=O)O. The minimum absolute atomic E-state index is 0.159. The molecule has 2 atom stereocenters. The zero-order valence-corrected chi connectivity index (χ0v) is 35.2. The van der Waals surface area contributed by atoms with Crippen LogP contribution in [0.4, 0.5) is 0 Å². The maximum atomic E-state index is 12.8. The molecule has 0 saturated carbocycles. The predicted molar refractivity (Wildman–Crippen MR) is 238 cm³/mol. The number of allylic oxidation sites excluding steroid dienone is 17. The number of carboxylic acids is 1. The number of hydrogen-bond donors (Lipinski definition) is 3. The van der Waals surface area contributed by atoms with E-state index in [4.69, 9.17) is 10.5 Å². The van der Waals surface area contributed by atoms with E-state index in [-0.39, 0.29) is 24.4 Å². The van der Waals surface area contributed by atoms with Crippen LogP contribution in [0.2, 0.25) is 0 Å². The van der Waals surface area contributed by atoms with E-state index in [0.717, 1.165) is 103 Å². The van der Waals surface area contributed by atoms with Gasteiger partial charge in [0.1, 0.15) is 12.1 Å². The van der Waals surface area contributed by atoms with Gasteiger partial charge in [0.05, 0.1) is 0 Å². The van der Waals surface area contributed by atoms with Gasteiger partial charge in [-0.1, -0.05) is 143 Å². The average Bonchev–Trinajstić information content (AvgIpc) is 3.18. The number of carbonyl (C=O) groups excluding carboxylic acids is 2. The second-order valence-electron chi connectivity index (χ2n) is 14.0. The highest BCUT2D eigenvalue weighted by molar-refractivity contribution is 5.83. The Labute approximate surface area is 341 Å². The Kier molecular flexibility index (Phi) is 39.2. The molecule has 56 heavy (non-hydrogen) atoms. The zero-order chi connectivity index (χ0) is 41.0. The summed E-state index contributed by atoms with van der Waals surface area (Å²) >= 11 is 0. The molecule has 0 saturated heterocycles. The minimum Gasteiger partial charge on any atom is -0.480 e. The molecule has 1 amide bonds. The number of amides is 1. The smallest absolute Gasteiger partial charge is 0.326 e. The van der Waals surface area contributed by atoms with E-state index in [9.17, 15) is 19.5 Å². The van der Waals surface area contributed by atoms with Crippen LogP contribution in [0.1, 0.15) is 162 Å². The fourth-order valence-corrected chi connectivity index (χ4v) is 5.62. The van der Waals surface area contributed by atoms with Crippen molar-refractivity contribution < 1.29 is 24.2 Å². The van der Waals surface area contributed by atoms with E-state index >= 15 is 0 Å². The summed E-state index contributed by atoms with van der Waals surface area (Å²) in [6, 6.07) is -0.900. The van der Waals surface area contributed by atoms with Gasteiger partial charge in [0.15, 0.2) is 0 Å². The fraction of sp³-hybridized carbons (Fsp3) is 0.571. The number of esters is 1. The summed E-state index contributed by atoms with van der Waals surface area (Å²) in [6.07, 6.45) is 58.6. The molecule has 0 radical (unpaired) electrons. The Hall–Kier alpha value is -3.97. The normalized spacial score (nSPS) is 13.8. The third kappa shape index (κ3) is 38.3. The maximum absolute atomic E-state index is 12.8. The maximum Gasteiger partial charge on any atom is 0.326 e. The summed E-state index contributed by atoms with van der Waals surface area (Å²) in [7, 11) is 0. The van der Waals surface area contributed by atoms with Gasteiger partial charge >= 0.3 is 11.9 Å².